The zero-order chi connectivity index (χ0) is 12.9. The van der Waals surface area contributed by atoms with Crippen LogP contribution in [0.1, 0.15) is 17.8 Å². The van der Waals surface area contributed by atoms with Crippen LogP contribution in [0.5, 0.6) is 0 Å². The number of methoxy groups -OCH3 is 1. The maximum atomic E-state index is 12.4. The zero-order valence-electron chi connectivity index (χ0n) is 10.3. The SMILES string of the molecule is COCCCNCc1cc(C(F)(F)F)nn1C.Cl. The van der Waals surface area contributed by atoms with Crippen molar-refractivity contribution in [2.24, 2.45) is 7.05 Å². The summed E-state index contributed by atoms with van der Waals surface area (Å²) in [6, 6.07) is 1.06. The first-order valence-electron chi connectivity index (χ1n) is 5.25. The second kappa shape index (κ2) is 7.60. The van der Waals surface area contributed by atoms with Crippen molar-refractivity contribution in [2.45, 2.75) is 19.1 Å². The Morgan fingerprint density at radius 3 is 2.61 bits per heavy atom. The Hall–Kier alpha value is -0.790. The predicted octanol–water partition coefficient (Wildman–Crippen LogP) is 1.99. The number of rotatable bonds is 6. The van der Waals surface area contributed by atoms with Crippen molar-refractivity contribution in [1.82, 2.24) is 15.1 Å². The third kappa shape index (κ3) is 5.24. The Bertz CT molecular complexity index is 355. The standard InChI is InChI=1S/C10H16F3N3O.ClH/c1-16-8(7-14-4-3-5-17-2)6-9(15-16)10(11,12)13;/h6,14H,3-5,7H2,1-2H3;1H. The second-order valence-electron chi connectivity index (χ2n) is 3.67. The van der Waals surface area contributed by atoms with Gasteiger partial charge in [0, 0.05) is 27.3 Å². The van der Waals surface area contributed by atoms with Crippen LogP contribution in [0, 0.1) is 0 Å². The molecule has 0 unspecified atom stereocenters. The van der Waals surface area contributed by atoms with Gasteiger partial charge in [-0.15, -0.1) is 12.4 Å². The Morgan fingerprint density at radius 2 is 2.11 bits per heavy atom. The van der Waals surface area contributed by atoms with Gasteiger partial charge in [-0.1, -0.05) is 0 Å². The minimum Gasteiger partial charge on any atom is -0.385 e. The van der Waals surface area contributed by atoms with E-state index in [1.54, 1.807) is 7.11 Å². The number of alkyl halides is 3. The maximum Gasteiger partial charge on any atom is 0.435 e. The Labute approximate surface area is 110 Å². The first kappa shape index (κ1) is 17.2. The average molecular weight is 288 g/mol. The van der Waals surface area contributed by atoms with Crippen LogP contribution >= 0.6 is 12.4 Å². The lowest BCUT2D eigenvalue weighted by molar-refractivity contribution is -0.141. The monoisotopic (exact) mass is 287 g/mol. The molecule has 0 aromatic carbocycles. The van der Waals surface area contributed by atoms with E-state index >= 15 is 0 Å². The number of ether oxygens (including phenoxy) is 1. The van der Waals surface area contributed by atoms with Crippen LogP contribution in [0.3, 0.4) is 0 Å². The van der Waals surface area contributed by atoms with Crippen molar-refractivity contribution < 1.29 is 17.9 Å². The molecule has 4 nitrogen and oxygen atoms in total. The van der Waals surface area contributed by atoms with Crippen molar-refractivity contribution in [3.8, 4) is 0 Å². The number of hydrogen-bond acceptors (Lipinski definition) is 3. The van der Waals surface area contributed by atoms with Gasteiger partial charge in [-0.25, -0.2) is 0 Å². The van der Waals surface area contributed by atoms with Crippen molar-refractivity contribution in [2.75, 3.05) is 20.3 Å². The number of halogens is 4. The fraction of sp³-hybridized carbons (Fsp3) is 0.700. The molecule has 1 aromatic rings. The average Bonchev–Trinajstić information content (AvgIpc) is 2.60. The van der Waals surface area contributed by atoms with Crippen molar-refractivity contribution in [3.05, 3.63) is 17.5 Å². The van der Waals surface area contributed by atoms with Gasteiger partial charge in [0.25, 0.3) is 0 Å². The molecule has 8 heteroatoms. The fourth-order valence-corrected chi connectivity index (χ4v) is 1.37. The first-order valence-corrected chi connectivity index (χ1v) is 5.25. The summed E-state index contributed by atoms with van der Waals surface area (Å²) in [4.78, 5) is 0. The molecule has 18 heavy (non-hydrogen) atoms. The number of hydrogen-bond donors (Lipinski definition) is 1. The minimum atomic E-state index is -4.38. The molecule has 0 aliphatic rings. The smallest absolute Gasteiger partial charge is 0.385 e. The van der Waals surface area contributed by atoms with Crippen LogP contribution in [0.4, 0.5) is 13.2 Å². The van der Waals surface area contributed by atoms with E-state index in [2.05, 4.69) is 10.4 Å². The molecule has 1 N–H and O–H groups in total. The molecule has 1 heterocycles. The van der Waals surface area contributed by atoms with E-state index in [-0.39, 0.29) is 12.4 Å². The van der Waals surface area contributed by atoms with E-state index in [9.17, 15) is 13.2 Å². The van der Waals surface area contributed by atoms with Crippen LogP contribution < -0.4 is 5.32 Å². The summed E-state index contributed by atoms with van der Waals surface area (Å²) in [6.07, 6.45) is -3.56. The number of nitrogens with one attached hydrogen (secondary N) is 1. The molecular formula is C10H17ClF3N3O. The Balaban J connectivity index is 0.00000289. The highest BCUT2D eigenvalue weighted by atomic mass is 35.5. The molecule has 0 bridgehead atoms. The van der Waals surface area contributed by atoms with Crippen LogP contribution in [-0.4, -0.2) is 30.0 Å². The van der Waals surface area contributed by atoms with E-state index in [0.717, 1.165) is 12.5 Å². The molecule has 0 saturated carbocycles. The quantitative estimate of drug-likeness (QED) is 0.813. The summed E-state index contributed by atoms with van der Waals surface area (Å²) in [5.74, 6) is 0. The predicted molar refractivity (Wildman–Crippen MR) is 63.7 cm³/mol. The lowest BCUT2D eigenvalue weighted by Crippen LogP contribution is -2.18. The molecule has 0 spiro atoms. The topological polar surface area (TPSA) is 39.1 Å². The van der Waals surface area contributed by atoms with Crippen molar-refractivity contribution >= 4 is 12.4 Å². The van der Waals surface area contributed by atoms with Gasteiger partial charge in [-0.3, -0.25) is 4.68 Å². The van der Waals surface area contributed by atoms with E-state index in [0.29, 0.717) is 25.4 Å². The van der Waals surface area contributed by atoms with Gasteiger partial charge in [0.2, 0.25) is 0 Å². The third-order valence-electron chi connectivity index (χ3n) is 2.28. The molecule has 0 aliphatic heterocycles. The van der Waals surface area contributed by atoms with E-state index < -0.39 is 11.9 Å². The highest BCUT2D eigenvalue weighted by Gasteiger charge is 2.34. The van der Waals surface area contributed by atoms with Gasteiger partial charge < -0.3 is 10.1 Å². The maximum absolute atomic E-state index is 12.4. The summed E-state index contributed by atoms with van der Waals surface area (Å²) in [6.45, 7) is 1.69. The van der Waals surface area contributed by atoms with Gasteiger partial charge >= 0.3 is 6.18 Å². The summed E-state index contributed by atoms with van der Waals surface area (Å²) >= 11 is 0. The van der Waals surface area contributed by atoms with Crippen LogP contribution in [-0.2, 0) is 24.5 Å². The number of aromatic nitrogens is 2. The molecular weight excluding hydrogens is 271 g/mol. The molecule has 1 rings (SSSR count). The normalized spacial score (nSPS) is 11.4. The highest BCUT2D eigenvalue weighted by Crippen LogP contribution is 2.28. The van der Waals surface area contributed by atoms with Crippen LogP contribution in [0.25, 0.3) is 0 Å². The zero-order valence-corrected chi connectivity index (χ0v) is 11.1. The summed E-state index contributed by atoms with van der Waals surface area (Å²) in [7, 11) is 3.11. The van der Waals surface area contributed by atoms with E-state index in [1.807, 2.05) is 0 Å². The van der Waals surface area contributed by atoms with Gasteiger partial charge in [0.15, 0.2) is 5.69 Å². The Morgan fingerprint density at radius 1 is 1.44 bits per heavy atom. The molecule has 0 saturated heterocycles. The van der Waals surface area contributed by atoms with E-state index in [4.69, 9.17) is 4.74 Å². The van der Waals surface area contributed by atoms with Crippen LogP contribution in [0.15, 0.2) is 6.07 Å². The molecule has 106 valence electrons. The molecule has 0 aliphatic carbocycles. The lowest BCUT2D eigenvalue weighted by atomic mass is 10.3. The van der Waals surface area contributed by atoms with Gasteiger partial charge in [0.05, 0.1) is 5.69 Å². The van der Waals surface area contributed by atoms with Crippen molar-refractivity contribution in [3.63, 3.8) is 0 Å². The largest absolute Gasteiger partial charge is 0.435 e. The van der Waals surface area contributed by atoms with Crippen molar-refractivity contribution in [1.29, 1.82) is 0 Å². The third-order valence-corrected chi connectivity index (χ3v) is 2.28. The molecule has 1 aromatic heterocycles. The second-order valence-corrected chi connectivity index (χ2v) is 3.67. The molecule has 0 atom stereocenters. The number of nitrogens with zero attached hydrogens (tertiary/aromatic N) is 2. The summed E-state index contributed by atoms with van der Waals surface area (Å²) in [5.41, 5.74) is -0.344. The van der Waals surface area contributed by atoms with Gasteiger partial charge in [-0.05, 0) is 19.0 Å². The lowest BCUT2D eigenvalue weighted by Gasteiger charge is -2.04. The highest BCUT2D eigenvalue weighted by molar-refractivity contribution is 5.85. The molecule has 0 amide bonds. The first-order chi connectivity index (χ1) is 7.95. The molecule has 0 fully saturated rings. The van der Waals surface area contributed by atoms with Gasteiger partial charge in [-0.2, -0.15) is 18.3 Å². The van der Waals surface area contributed by atoms with Gasteiger partial charge in [0.1, 0.15) is 0 Å². The minimum absolute atomic E-state index is 0. The van der Waals surface area contributed by atoms with Crippen LogP contribution in [0.2, 0.25) is 0 Å². The summed E-state index contributed by atoms with van der Waals surface area (Å²) < 4.78 is 43.2. The Kier molecular flexibility index (Phi) is 7.27. The fourth-order valence-electron chi connectivity index (χ4n) is 1.37. The summed E-state index contributed by atoms with van der Waals surface area (Å²) in [5, 5.41) is 6.46. The molecule has 0 radical (unpaired) electrons. The number of aryl methyl sites for hydroxylation is 1. The van der Waals surface area contributed by atoms with E-state index in [1.165, 1.54) is 11.7 Å².